The van der Waals surface area contributed by atoms with Crippen LogP contribution in [-0.4, -0.2) is 15.8 Å². The molecule has 0 saturated carbocycles. The number of carbonyl (C=O) groups excluding carboxylic acids is 1. The summed E-state index contributed by atoms with van der Waals surface area (Å²) >= 11 is 0. The van der Waals surface area contributed by atoms with Crippen LogP contribution in [-0.2, 0) is 4.79 Å². The highest BCUT2D eigenvalue weighted by atomic mass is 16.1. The first-order chi connectivity index (χ1) is 5.75. The third-order valence-electron chi connectivity index (χ3n) is 1.80. The molecular weight excluding hydrogens is 152 g/mol. The molecule has 1 aromatic heterocycles. The number of carbonyl (C=O) groups is 1. The number of aromatic nitrogens is 2. The fourth-order valence-electron chi connectivity index (χ4n) is 1.14. The molecule has 64 valence electrons. The molecule has 3 heteroatoms. The van der Waals surface area contributed by atoms with Gasteiger partial charge >= 0.3 is 0 Å². The van der Waals surface area contributed by atoms with Crippen molar-refractivity contribution < 1.29 is 4.79 Å². The van der Waals surface area contributed by atoms with E-state index in [1.54, 1.807) is 25.4 Å². The molecule has 3 nitrogen and oxygen atoms in total. The van der Waals surface area contributed by atoms with Crippen LogP contribution in [0.3, 0.4) is 0 Å². The van der Waals surface area contributed by atoms with E-state index in [-0.39, 0.29) is 11.7 Å². The molecule has 0 aliphatic rings. The van der Waals surface area contributed by atoms with E-state index in [2.05, 4.69) is 9.97 Å². The molecule has 0 saturated heterocycles. The molecule has 0 aliphatic carbocycles. The van der Waals surface area contributed by atoms with Gasteiger partial charge < -0.3 is 0 Å². The molecule has 1 heterocycles. The second kappa shape index (κ2) is 3.95. The molecule has 0 amide bonds. The van der Waals surface area contributed by atoms with Crippen LogP contribution in [0.25, 0.3) is 0 Å². The smallest absolute Gasteiger partial charge is 0.140 e. The highest BCUT2D eigenvalue weighted by Gasteiger charge is 2.16. The van der Waals surface area contributed by atoms with Gasteiger partial charge in [-0.2, -0.15) is 0 Å². The van der Waals surface area contributed by atoms with Gasteiger partial charge in [0.2, 0.25) is 0 Å². The highest BCUT2D eigenvalue weighted by Crippen LogP contribution is 2.14. The monoisotopic (exact) mass is 164 g/mol. The van der Waals surface area contributed by atoms with E-state index in [1.807, 2.05) is 6.92 Å². The second-order valence-corrected chi connectivity index (χ2v) is 2.68. The number of ketones is 1. The second-order valence-electron chi connectivity index (χ2n) is 2.68. The summed E-state index contributed by atoms with van der Waals surface area (Å²) in [5.74, 6) is 0.627. The number of hydrogen-bond donors (Lipinski definition) is 0. The molecule has 0 aliphatic heterocycles. The lowest BCUT2D eigenvalue weighted by atomic mass is 10.0. The fourth-order valence-corrected chi connectivity index (χ4v) is 1.14. The Morgan fingerprint density at radius 1 is 1.50 bits per heavy atom. The summed E-state index contributed by atoms with van der Waals surface area (Å²) in [5, 5.41) is 0. The van der Waals surface area contributed by atoms with Crippen molar-refractivity contribution in [3.8, 4) is 0 Å². The average Bonchev–Trinajstić information content (AvgIpc) is 2.07. The topological polar surface area (TPSA) is 42.9 Å². The summed E-state index contributed by atoms with van der Waals surface area (Å²) < 4.78 is 0. The Morgan fingerprint density at radius 3 is 2.50 bits per heavy atom. The first-order valence-corrected chi connectivity index (χ1v) is 4.03. The standard InChI is InChI=1S/C9H12N2O/c1-3-8(7(2)12)9-10-5-4-6-11-9/h4-6,8H,3H2,1-2H3. The van der Waals surface area contributed by atoms with Gasteiger partial charge in [-0.1, -0.05) is 6.92 Å². The maximum Gasteiger partial charge on any atom is 0.140 e. The van der Waals surface area contributed by atoms with Crippen LogP contribution in [0.4, 0.5) is 0 Å². The Labute approximate surface area is 71.9 Å². The Kier molecular flexibility index (Phi) is 2.91. The van der Waals surface area contributed by atoms with Crippen molar-refractivity contribution >= 4 is 5.78 Å². The van der Waals surface area contributed by atoms with Gasteiger partial charge in [-0.05, 0) is 19.4 Å². The van der Waals surface area contributed by atoms with Gasteiger partial charge in [0.15, 0.2) is 0 Å². The van der Waals surface area contributed by atoms with Gasteiger partial charge in [0, 0.05) is 12.4 Å². The highest BCUT2D eigenvalue weighted by molar-refractivity contribution is 5.82. The van der Waals surface area contributed by atoms with Crippen molar-refractivity contribution in [3.05, 3.63) is 24.3 Å². The van der Waals surface area contributed by atoms with Crippen molar-refractivity contribution in [2.24, 2.45) is 0 Å². The van der Waals surface area contributed by atoms with E-state index in [4.69, 9.17) is 0 Å². The van der Waals surface area contributed by atoms with Gasteiger partial charge in [0.05, 0.1) is 5.92 Å². The molecule has 1 rings (SSSR count). The summed E-state index contributed by atoms with van der Waals surface area (Å²) in [4.78, 5) is 19.2. The first kappa shape index (κ1) is 8.84. The third-order valence-corrected chi connectivity index (χ3v) is 1.80. The predicted molar refractivity (Wildman–Crippen MR) is 45.7 cm³/mol. The van der Waals surface area contributed by atoms with Crippen molar-refractivity contribution in [1.82, 2.24) is 9.97 Å². The van der Waals surface area contributed by atoms with E-state index in [9.17, 15) is 4.79 Å². The largest absolute Gasteiger partial charge is 0.299 e. The van der Waals surface area contributed by atoms with E-state index >= 15 is 0 Å². The van der Waals surface area contributed by atoms with E-state index < -0.39 is 0 Å². The van der Waals surface area contributed by atoms with Crippen LogP contribution < -0.4 is 0 Å². The molecule has 0 fully saturated rings. The van der Waals surface area contributed by atoms with E-state index in [1.165, 1.54) is 0 Å². The normalized spacial score (nSPS) is 12.5. The number of rotatable bonds is 3. The minimum Gasteiger partial charge on any atom is -0.299 e. The molecule has 0 aromatic carbocycles. The fraction of sp³-hybridized carbons (Fsp3) is 0.444. The summed E-state index contributed by atoms with van der Waals surface area (Å²) in [7, 11) is 0. The molecule has 1 atom stereocenters. The predicted octanol–water partition coefficient (Wildman–Crippen LogP) is 1.56. The van der Waals surface area contributed by atoms with Gasteiger partial charge in [0.1, 0.15) is 11.6 Å². The molecule has 0 radical (unpaired) electrons. The zero-order chi connectivity index (χ0) is 8.97. The molecule has 1 unspecified atom stereocenters. The van der Waals surface area contributed by atoms with Crippen LogP contribution >= 0.6 is 0 Å². The molecule has 12 heavy (non-hydrogen) atoms. The minimum atomic E-state index is -0.133. The Bertz CT molecular complexity index is 258. The first-order valence-electron chi connectivity index (χ1n) is 4.03. The number of nitrogens with zero attached hydrogens (tertiary/aromatic N) is 2. The van der Waals surface area contributed by atoms with Crippen LogP contribution in [0.15, 0.2) is 18.5 Å². The van der Waals surface area contributed by atoms with Crippen molar-refractivity contribution in [3.63, 3.8) is 0 Å². The van der Waals surface area contributed by atoms with Gasteiger partial charge in [-0.25, -0.2) is 9.97 Å². The summed E-state index contributed by atoms with van der Waals surface area (Å²) in [5.41, 5.74) is 0. The van der Waals surface area contributed by atoms with Crippen LogP contribution in [0, 0.1) is 0 Å². The zero-order valence-corrected chi connectivity index (χ0v) is 7.32. The number of hydrogen-bond acceptors (Lipinski definition) is 3. The van der Waals surface area contributed by atoms with Crippen LogP contribution in [0.2, 0.25) is 0 Å². The summed E-state index contributed by atoms with van der Waals surface area (Å²) in [6, 6.07) is 1.75. The summed E-state index contributed by atoms with van der Waals surface area (Å²) in [6.07, 6.45) is 4.08. The van der Waals surface area contributed by atoms with Crippen molar-refractivity contribution in [2.45, 2.75) is 26.2 Å². The van der Waals surface area contributed by atoms with E-state index in [0.717, 1.165) is 6.42 Å². The lowest BCUT2D eigenvalue weighted by Crippen LogP contribution is -2.10. The average molecular weight is 164 g/mol. The van der Waals surface area contributed by atoms with E-state index in [0.29, 0.717) is 5.82 Å². The Balaban J connectivity index is 2.88. The third kappa shape index (κ3) is 1.87. The van der Waals surface area contributed by atoms with Gasteiger partial charge in [-0.3, -0.25) is 4.79 Å². The molecule has 0 bridgehead atoms. The Morgan fingerprint density at radius 2 is 2.08 bits per heavy atom. The van der Waals surface area contributed by atoms with Crippen LogP contribution in [0.5, 0.6) is 0 Å². The molecule has 1 aromatic rings. The lowest BCUT2D eigenvalue weighted by molar-refractivity contribution is -0.118. The molecule has 0 spiro atoms. The zero-order valence-electron chi connectivity index (χ0n) is 7.32. The van der Waals surface area contributed by atoms with Crippen molar-refractivity contribution in [2.75, 3.05) is 0 Å². The molecule has 0 N–H and O–H groups in total. The maximum atomic E-state index is 11.1. The number of Topliss-reactive ketones (excluding diaryl/α,β-unsaturated/α-hetero) is 1. The Hall–Kier alpha value is -1.25. The maximum absolute atomic E-state index is 11.1. The molecular formula is C9H12N2O. The van der Waals surface area contributed by atoms with Gasteiger partial charge in [0.25, 0.3) is 0 Å². The quantitative estimate of drug-likeness (QED) is 0.680. The SMILES string of the molecule is CCC(C(C)=O)c1ncccn1. The lowest BCUT2D eigenvalue weighted by Gasteiger charge is -2.07. The minimum absolute atomic E-state index is 0.128. The van der Waals surface area contributed by atoms with Crippen LogP contribution in [0.1, 0.15) is 32.0 Å². The van der Waals surface area contributed by atoms with Crippen molar-refractivity contribution in [1.29, 1.82) is 0 Å². The van der Waals surface area contributed by atoms with Gasteiger partial charge in [-0.15, -0.1) is 0 Å². The summed E-state index contributed by atoms with van der Waals surface area (Å²) in [6.45, 7) is 3.53.